The molecule has 0 unspecified atom stereocenters. The Labute approximate surface area is 247 Å². The van der Waals surface area contributed by atoms with E-state index in [9.17, 15) is 9.59 Å². The van der Waals surface area contributed by atoms with E-state index in [0.717, 1.165) is 51.0 Å². The van der Waals surface area contributed by atoms with E-state index in [1.165, 1.54) is 24.0 Å². The Morgan fingerprint density at radius 2 is 1.52 bits per heavy atom. The van der Waals surface area contributed by atoms with Crippen molar-refractivity contribution < 1.29 is 9.59 Å². The molecular weight excluding hydrogens is 526 g/mol. The van der Waals surface area contributed by atoms with Gasteiger partial charge in [-0.15, -0.1) is 0 Å². The fraction of sp³-hybridized carbons (Fsp3) is 0.455. The number of aromatic nitrogens is 2. The first kappa shape index (κ1) is 28.2. The van der Waals surface area contributed by atoms with Gasteiger partial charge in [-0.2, -0.15) is 0 Å². The number of amides is 2. The minimum atomic E-state index is -0.635. The van der Waals surface area contributed by atoms with Crippen LogP contribution >= 0.6 is 0 Å². The summed E-state index contributed by atoms with van der Waals surface area (Å²) >= 11 is 0. The van der Waals surface area contributed by atoms with Gasteiger partial charge in [0.05, 0.1) is 6.20 Å². The molecule has 1 aliphatic carbocycles. The van der Waals surface area contributed by atoms with Crippen LogP contribution in [0.25, 0.3) is 0 Å². The number of rotatable bonds is 8. The molecule has 3 aliphatic rings. The first-order valence-corrected chi connectivity index (χ1v) is 15.3. The van der Waals surface area contributed by atoms with Gasteiger partial charge in [0.25, 0.3) is 11.8 Å². The number of anilines is 3. The standard InChI is InChI=1S/C33H41N7O2/c1-21-28(37-33(42)26-9-7-23(8-10-26)22-5-6-22)4-3-17-40(21)29-20-35-30(31(34)41)32(38-29)36-27-13-11-24(12-14-27)25-15-18-39(2)19-16-25/h7-14,20-22,25,28H,3-6,15-19H2,1-2H3,(H2,34,41)(H,36,38)(H,37,42)/t21-,28-/m1/s1. The molecule has 3 fully saturated rings. The van der Waals surface area contributed by atoms with E-state index in [2.05, 4.69) is 63.7 Å². The lowest BCUT2D eigenvalue weighted by molar-refractivity contribution is 0.0923. The molecule has 6 rings (SSSR count). The fourth-order valence-electron chi connectivity index (χ4n) is 6.34. The minimum Gasteiger partial charge on any atom is -0.364 e. The largest absolute Gasteiger partial charge is 0.364 e. The third-order valence-electron chi connectivity index (χ3n) is 9.18. The molecule has 2 amide bonds. The lowest BCUT2D eigenvalue weighted by Gasteiger charge is -2.40. The molecule has 4 N–H and O–H groups in total. The molecule has 0 radical (unpaired) electrons. The van der Waals surface area contributed by atoms with Gasteiger partial charge in [-0.25, -0.2) is 9.97 Å². The van der Waals surface area contributed by atoms with Gasteiger partial charge in [0.15, 0.2) is 11.5 Å². The highest BCUT2D eigenvalue weighted by atomic mass is 16.2. The molecule has 1 aromatic heterocycles. The van der Waals surface area contributed by atoms with Gasteiger partial charge in [0.2, 0.25) is 0 Å². The first-order chi connectivity index (χ1) is 20.4. The van der Waals surface area contributed by atoms with Gasteiger partial charge in [-0.05, 0) is 113 Å². The van der Waals surface area contributed by atoms with E-state index in [4.69, 9.17) is 10.7 Å². The molecule has 2 aliphatic heterocycles. The average molecular weight is 568 g/mol. The predicted octanol–water partition coefficient (Wildman–Crippen LogP) is 4.79. The lowest BCUT2D eigenvalue weighted by Crippen LogP contribution is -2.54. The third kappa shape index (κ3) is 6.26. The topological polar surface area (TPSA) is 116 Å². The van der Waals surface area contributed by atoms with Crippen LogP contribution in [-0.4, -0.2) is 65.4 Å². The fourth-order valence-corrected chi connectivity index (χ4v) is 6.34. The number of primary amides is 1. The highest BCUT2D eigenvalue weighted by Crippen LogP contribution is 2.40. The minimum absolute atomic E-state index is 0.0103. The van der Waals surface area contributed by atoms with Crippen molar-refractivity contribution in [3.8, 4) is 0 Å². The Morgan fingerprint density at radius 1 is 0.881 bits per heavy atom. The van der Waals surface area contributed by atoms with Crippen LogP contribution in [0, 0.1) is 0 Å². The maximum atomic E-state index is 13.1. The zero-order chi connectivity index (χ0) is 29.2. The maximum Gasteiger partial charge on any atom is 0.271 e. The van der Waals surface area contributed by atoms with Gasteiger partial charge >= 0.3 is 0 Å². The zero-order valence-electron chi connectivity index (χ0n) is 24.6. The zero-order valence-corrected chi connectivity index (χ0v) is 24.6. The summed E-state index contributed by atoms with van der Waals surface area (Å²) < 4.78 is 0. The number of benzene rings is 2. The molecular formula is C33H41N7O2. The monoisotopic (exact) mass is 567 g/mol. The van der Waals surface area contributed by atoms with Gasteiger partial charge in [0.1, 0.15) is 5.82 Å². The van der Waals surface area contributed by atoms with E-state index < -0.39 is 5.91 Å². The first-order valence-electron chi connectivity index (χ1n) is 15.3. The van der Waals surface area contributed by atoms with E-state index in [0.29, 0.717) is 29.0 Å². The Kier molecular flexibility index (Phi) is 8.11. The molecule has 9 nitrogen and oxygen atoms in total. The Balaban J connectivity index is 1.15. The van der Waals surface area contributed by atoms with Gasteiger partial charge in [0, 0.05) is 29.9 Å². The van der Waals surface area contributed by atoms with Crippen molar-refractivity contribution in [2.75, 3.05) is 36.9 Å². The molecule has 220 valence electrons. The molecule has 3 aromatic rings. The summed E-state index contributed by atoms with van der Waals surface area (Å²) in [6.45, 7) is 5.10. The molecule has 2 atom stereocenters. The number of carbonyl (C=O) groups is 2. The van der Waals surface area contributed by atoms with Crippen LogP contribution < -0.4 is 21.3 Å². The van der Waals surface area contributed by atoms with Gasteiger partial charge in [-0.3, -0.25) is 9.59 Å². The van der Waals surface area contributed by atoms with Crippen molar-refractivity contribution in [2.24, 2.45) is 5.73 Å². The quantitative estimate of drug-likeness (QED) is 0.358. The summed E-state index contributed by atoms with van der Waals surface area (Å²) in [7, 11) is 2.17. The number of nitrogens with zero attached hydrogens (tertiary/aromatic N) is 4. The molecule has 0 bridgehead atoms. The molecule has 2 saturated heterocycles. The van der Waals surface area contributed by atoms with Crippen LogP contribution in [0.1, 0.15) is 89.3 Å². The van der Waals surface area contributed by atoms with Crippen molar-refractivity contribution >= 4 is 29.1 Å². The highest BCUT2D eigenvalue weighted by Gasteiger charge is 2.31. The van der Waals surface area contributed by atoms with Crippen LogP contribution in [0.3, 0.4) is 0 Å². The number of nitrogens with one attached hydrogen (secondary N) is 2. The normalized spacial score (nSPS) is 21.6. The highest BCUT2D eigenvalue weighted by molar-refractivity contribution is 5.96. The van der Waals surface area contributed by atoms with Crippen LogP contribution in [0.5, 0.6) is 0 Å². The smallest absolute Gasteiger partial charge is 0.271 e. The Morgan fingerprint density at radius 3 is 2.17 bits per heavy atom. The summed E-state index contributed by atoms with van der Waals surface area (Å²) in [5.74, 6) is 1.52. The molecule has 3 heterocycles. The molecule has 0 spiro atoms. The van der Waals surface area contributed by atoms with Crippen LogP contribution in [-0.2, 0) is 0 Å². The Bertz CT molecular complexity index is 1410. The summed E-state index contributed by atoms with van der Waals surface area (Å²) in [6.07, 6.45) is 8.18. The lowest BCUT2D eigenvalue weighted by atomic mass is 9.89. The molecule has 1 saturated carbocycles. The van der Waals surface area contributed by atoms with Gasteiger partial charge in [-0.1, -0.05) is 24.3 Å². The van der Waals surface area contributed by atoms with Gasteiger partial charge < -0.3 is 26.2 Å². The average Bonchev–Trinajstić information content (AvgIpc) is 3.85. The van der Waals surface area contributed by atoms with E-state index in [-0.39, 0.29) is 23.7 Å². The van der Waals surface area contributed by atoms with Crippen molar-refractivity contribution in [3.05, 3.63) is 77.1 Å². The SMILES string of the molecule is C[C@@H]1[C@H](NC(=O)c2ccc(C3CC3)cc2)CCCN1c1cnc(C(N)=O)c(Nc2ccc(C3CCN(C)CC3)cc2)n1. The van der Waals surface area contributed by atoms with Crippen LogP contribution in [0.4, 0.5) is 17.3 Å². The van der Waals surface area contributed by atoms with Crippen molar-refractivity contribution in [1.29, 1.82) is 0 Å². The number of hydrogen-bond acceptors (Lipinski definition) is 7. The second-order valence-corrected chi connectivity index (χ2v) is 12.2. The second-order valence-electron chi connectivity index (χ2n) is 12.2. The summed E-state index contributed by atoms with van der Waals surface area (Å²) in [5, 5.41) is 6.53. The third-order valence-corrected chi connectivity index (χ3v) is 9.18. The van der Waals surface area contributed by atoms with E-state index in [1.807, 2.05) is 24.3 Å². The van der Waals surface area contributed by atoms with E-state index in [1.54, 1.807) is 6.20 Å². The van der Waals surface area contributed by atoms with Crippen molar-refractivity contribution in [2.45, 2.75) is 69.4 Å². The maximum absolute atomic E-state index is 13.1. The molecule has 42 heavy (non-hydrogen) atoms. The number of piperidine rings is 2. The predicted molar refractivity (Wildman–Crippen MR) is 165 cm³/mol. The van der Waals surface area contributed by atoms with E-state index >= 15 is 0 Å². The van der Waals surface area contributed by atoms with Crippen LogP contribution in [0.2, 0.25) is 0 Å². The Hall–Kier alpha value is -3.98. The van der Waals surface area contributed by atoms with Crippen molar-refractivity contribution in [1.82, 2.24) is 20.2 Å². The number of carbonyl (C=O) groups excluding carboxylic acids is 2. The van der Waals surface area contributed by atoms with Crippen molar-refractivity contribution in [3.63, 3.8) is 0 Å². The van der Waals surface area contributed by atoms with Crippen LogP contribution in [0.15, 0.2) is 54.7 Å². The molecule has 9 heteroatoms. The number of nitrogens with two attached hydrogens (primary N) is 1. The molecule has 2 aromatic carbocycles. The number of likely N-dealkylation sites (tertiary alicyclic amines) is 1. The summed E-state index contributed by atoms with van der Waals surface area (Å²) in [5.41, 5.74) is 9.93. The second kappa shape index (κ2) is 12.1. The summed E-state index contributed by atoms with van der Waals surface area (Å²) in [4.78, 5) is 39.1. The number of hydrogen-bond donors (Lipinski definition) is 3. The summed E-state index contributed by atoms with van der Waals surface area (Å²) in [6, 6.07) is 16.3.